The molecule has 0 saturated carbocycles. The van der Waals surface area contributed by atoms with Gasteiger partial charge in [0.1, 0.15) is 16.2 Å². The second kappa shape index (κ2) is 7.25. The standard InChI is InChI=1S/C19H22N2O4S/c1-2-23-15-7-10-26-17(15)18(22)21-12-19(13-21)14(6-9-25-19)11-24-16-5-3-4-8-20-16/h3-5,7-8,10,14H,2,6,9,11-13H2,1H3. The third-order valence-electron chi connectivity index (χ3n) is 5.00. The second-order valence-corrected chi connectivity index (χ2v) is 7.50. The monoisotopic (exact) mass is 374 g/mol. The normalized spacial score (nSPS) is 20.8. The number of pyridine rings is 1. The minimum Gasteiger partial charge on any atom is -0.492 e. The Balaban J connectivity index is 1.37. The predicted octanol–water partition coefficient (Wildman–Crippen LogP) is 2.85. The minimum absolute atomic E-state index is 0.0222. The summed E-state index contributed by atoms with van der Waals surface area (Å²) in [6, 6.07) is 7.48. The van der Waals surface area contributed by atoms with Gasteiger partial charge in [-0.15, -0.1) is 11.3 Å². The van der Waals surface area contributed by atoms with E-state index in [1.54, 1.807) is 6.20 Å². The molecule has 0 aromatic carbocycles. The Kier molecular flexibility index (Phi) is 4.82. The molecule has 7 heteroatoms. The van der Waals surface area contributed by atoms with Gasteiger partial charge in [-0.25, -0.2) is 4.98 Å². The van der Waals surface area contributed by atoms with Gasteiger partial charge < -0.3 is 19.1 Å². The molecule has 4 rings (SSSR count). The topological polar surface area (TPSA) is 60.9 Å². The van der Waals surface area contributed by atoms with Gasteiger partial charge in [-0.3, -0.25) is 4.79 Å². The first-order valence-electron chi connectivity index (χ1n) is 8.89. The molecule has 0 radical (unpaired) electrons. The van der Waals surface area contributed by atoms with Gasteiger partial charge in [-0.1, -0.05) is 6.07 Å². The van der Waals surface area contributed by atoms with Gasteiger partial charge in [-0.2, -0.15) is 0 Å². The number of rotatable bonds is 6. The molecule has 1 unspecified atom stereocenters. The van der Waals surface area contributed by atoms with Crippen LogP contribution in [0.25, 0.3) is 0 Å². The molecule has 1 amide bonds. The first-order chi connectivity index (χ1) is 12.7. The number of carbonyl (C=O) groups is 1. The molecule has 2 aromatic heterocycles. The fourth-order valence-corrected chi connectivity index (χ4v) is 4.40. The van der Waals surface area contributed by atoms with Crippen molar-refractivity contribution < 1.29 is 19.0 Å². The van der Waals surface area contributed by atoms with Crippen LogP contribution in [0.4, 0.5) is 0 Å². The first kappa shape index (κ1) is 17.3. The SMILES string of the molecule is CCOc1ccsc1C(=O)N1CC2(C1)OCCC2COc1ccccn1. The number of ether oxygens (including phenoxy) is 3. The van der Waals surface area contributed by atoms with Gasteiger partial charge in [0.25, 0.3) is 5.91 Å². The Morgan fingerprint density at radius 2 is 2.27 bits per heavy atom. The number of thiophene rings is 1. The summed E-state index contributed by atoms with van der Waals surface area (Å²) >= 11 is 1.42. The van der Waals surface area contributed by atoms with E-state index >= 15 is 0 Å². The minimum atomic E-state index is -0.284. The van der Waals surface area contributed by atoms with E-state index in [0.29, 0.717) is 49.4 Å². The number of aromatic nitrogens is 1. The van der Waals surface area contributed by atoms with Gasteiger partial charge in [0.2, 0.25) is 5.88 Å². The van der Waals surface area contributed by atoms with Crippen molar-refractivity contribution in [2.45, 2.75) is 18.9 Å². The molecule has 2 fully saturated rings. The summed E-state index contributed by atoms with van der Waals surface area (Å²) < 4.78 is 17.4. The fraction of sp³-hybridized carbons (Fsp3) is 0.474. The molecule has 26 heavy (non-hydrogen) atoms. The molecule has 2 aromatic rings. The lowest BCUT2D eigenvalue weighted by Gasteiger charge is -2.49. The Labute approximate surface area is 156 Å². The van der Waals surface area contributed by atoms with E-state index in [1.165, 1.54) is 11.3 Å². The van der Waals surface area contributed by atoms with Gasteiger partial charge in [0.05, 0.1) is 26.3 Å². The van der Waals surface area contributed by atoms with Crippen molar-refractivity contribution in [3.8, 4) is 11.6 Å². The lowest BCUT2D eigenvalue weighted by molar-refractivity contribution is -0.122. The van der Waals surface area contributed by atoms with Crippen molar-refractivity contribution in [3.05, 3.63) is 40.7 Å². The van der Waals surface area contributed by atoms with E-state index in [4.69, 9.17) is 14.2 Å². The molecule has 2 aliphatic rings. The predicted molar refractivity (Wildman–Crippen MR) is 97.9 cm³/mol. The highest BCUT2D eigenvalue weighted by atomic mass is 32.1. The van der Waals surface area contributed by atoms with Gasteiger partial charge in [-0.05, 0) is 30.9 Å². The molecule has 1 spiro atoms. The zero-order valence-electron chi connectivity index (χ0n) is 14.7. The molecular formula is C19H22N2O4S. The van der Waals surface area contributed by atoms with Crippen LogP contribution in [-0.2, 0) is 4.74 Å². The highest BCUT2D eigenvalue weighted by molar-refractivity contribution is 7.12. The maximum Gasteiger partial charge on any atom is 0.267 e. The first-order valence-corrected chi connectivity index (χ1v) is 9.77. The van der Waals surface area contributed by atoms with Crippen LogP contribution in [0.3, 0.4) is 0 Å². The quantitative estimate of drug-likeness (QED) is 0.778. The smallest absolute Gasteiger partial charge is 0.267 e. The largest absolute Gasteiger partial charge is 0.492 e. The van der Waals surface area contributed by atoms with Crippen molar-refractivity contribution in [1.82, 2.24) is 9.88 Å². The van der Waals surface area contributed by atoms with E-state index in [0.717, 1.165) is 6.42 Å². The van der Waals surface area contributed by atoms with Gasteiger partial charge in [0, 0.05) is 24.8 Å². The molecule has 6 nitrogen and oxygen atoms in total. The zero-order chi connectivity index (χ0) is 18.0. The number of likely N-dealkylation sites (tertiary alicyclic amines) is 1. The maximum atomic E-state index is 12.8. The molecule has 0 N–H and O–H groups in total. The molecule has 2 saturated heterocycles. The van der Waals surface area contributed by atoms with Crippen LogP contribution < -0.4 is 9.47 Å². The Hall–Kier alpha value is -2.12. The van der Waals surface area contributed by atoms with E-state index in [1.807, 2.05) is 41.5 Å². The van der Waals surface area contributed by atoms with E-state index < -0.39 is 0 Å². The van der Waals surface area contributed by atoms with Gasteiger partial charge >= 0.3 is 0 Å². The summed E-state index contributed by atoms with van der Waals surface area (Å²) in [6.45, 7) is 4.95. The molecule has 4 heterocycles. The van der Waals surface area contributed by atoms with E-state index in [2.05, 4.69) is 4.98 Å². The number of amides is 1. The molecule has 2 aliphatic heterocycles. The average molecular weight is 374 g/mol. The fourth-order valence-electron chi connectivity index (χ4n) is 3.60. The molecule has 0 aliphatic carbocycles. The third kappa shape index (κ3) is 3.17. The van der Waals surface area contributed by atoms with Gasteiger partial charge in [0.15, 0.2) is 0 Å². The van der Waals surface area contributed by atoms with E-state index in [-0.39, 0.29) is 17.4 Å². The summed E-state index contributed by atoms with van der Waals surface area (Å²) in [5.74, 6) is 1.59. The zero-order valence-corrected chi connectivity index (χ0v) is 15.5. The molecule has 0 bridgehead atoms. The highest BCUT2D eigenvalue weighted by Gasteiger charge is 2.55. The number of nitrogens with zero attached hydrogens (tertiary/aromatic N) is 2. The van der Waals surface area contributed by atoms with Crippen LogP contribution in [0.2, 0.25) is 0 Å². The summed E-state index contributed by atoms with van der Waals surface area (Å²) in [5, 5.41) is 1.89. The number of hydrogen-bond donors (Lipinski definition) is 0. The second-order valence-electron chi connectivity index (χ2n) is 6.59. The van der Waals surface area contributed by atoms with Crippen molar-refractivity contribution in [2.24, 2.45) is 5.92 Å². The highest BCUT2D eigenvalue weighted by Crippen LogP contribution is 2.41. The Bertz CT molecular complexity index is 758. The Morgan fingerprint density at radius 1 is 1.38 bits per heavy atom. The summed E-state index contributed by atoms with van der Waals surface area (Å²) in [4.78, 5) is 19.5. The van der Waals surface area contributed by atoms with Crippen molar-refractivity contribution in [2.75, 3.05) is 32.9 Å². The molecular weight excluding hydrogens is 352 g/mol. The van der Waals surface area contributed by atoms with Crippen LogP contribution in [0.5, 0.6) is 11.6 Å². The molecule has 138 valence electrons. The Morgan fingerprint density at radius 3 is 3.04 bits per heavy atom. The lowest BCUT2D eigenvalue weighted by Crippen LogP contribution is -2.66. The van der Waals surface area contributed by atoms with Crippen molar-refractivity contribution >= 4 is 17.2 Å². The van der Waals surface area contributed by atoms with Crippen molar-refractivity contribution in [1.29, 1.82) is 0 Å². The average Bonchev–Trinajstić information content (AvgIpc) is 3.26. The number of hydrogen-bond acceptors (Lipinski definition) is 6. The lowest BCUT2D eigenvalue weighted by atomic mass is 9.81. The van der Waals surface area contributed by atoms with Crippen LogP contribution >= 0.6 is 11.3 Å². The summed E-state index contributed by atoms with van der Waals surface area (Å²) in [7, 11) is 0. The third-order valence-corrected chi connectivity index (χ3v) is 5.88. The summed E-state index contributed by atoms with van der Waals surface area (Å²) in [6.07, 6.45) is 2.66. The van der Waals surface area contributed by atoms with E-state index in [9.17, 15) is 4.79 Å². The van der Waals surface area contributed by atoms with Crippen LogP contribution in [0.15, 0.2) is 35.8 Å². The number of carbonyl (C=O) groups excluding carboxylic acids is 1. The summed E-state index contributed by atoms with van der Waals surface area (Å²) in [5.41, 5.74) is -0.284. The van der Waals surface area contributed by atoms with Crippen LogP contribution in [-0.4, -0.2) is 54.3 Å². The maximum absolute atomic E-state index is 12.8. The van der Waals surface area contributed by atoms with Crippen molar-refractivity contribution in [3.63, 3.8) is 0 Å². The van der Waals surface area contributed by atoms with Crippen LogP contribution in [0, 0.1) is 5.92 Å². The van der Waals surface area contributed by atoms with Crippen LogP contribution in [0.1, 0.15) is 23.0 Å². The molecule has 1 atom stereocenters.